The Hall–Kier alpha value is -1.74. The number of halogens is 2. The van der Waals surface area contributed by atoms with Crippen LogP contribution in [0.5, 0.6) is 5.75 Å². The van der Waals surface area contributed by atoms with Gasteiger partial charge in [0.2, 0.25) is 15.9 Å². The topological polar surface area (TPSA) is 89.7 Å². The molecule has 0 aliphatic carbocycles. The van der Waals surface area contributed by atoms with Gasteiger partial charge in [0, 0.05) is 6.54 Å². The lowest BCUT2D eigenvalue weighted by Gasteiger charge is -2.22. The number of alkyl halides is 2. The largest absolute Gasteiger partial charge is 0.433 e. The molecule has 1 saturated heterocycles. The number of rotatable bonds is 5. The van der Waals surface area contributed by atoms with Crippen molar-refractivity contribution in [3.63, 3.8) is 0 Å². The Balaban J connectivity index is 2.42. The number of benzene rings is 1. The molecule has 0 radical (unpaired) electrons. The van der Waals surface area contributed by atoms with Crippen molar-refractivity contribution < 1.29 is 26.7 Å². The molecule has 1 heterocycles. The van der Waals surface area contributed by atoms with Gasteiger partial charge in [0.25, 0.3) is 0 Å². The van der Waals surface area contributed by atoms with Crippen LogP contribution in [0.3, 0.4) is 0 Å². The summed E-state index contributed by atoms with van der Waals surface area (Å²) in [5, 5.41) is 0. The molecule has 1 amide bonds. The predicted octanol–water partition coefficient (Wildman–Crippen LogP) is 0.926. The number of nitrogens with two attached hydrogens (primary N) is 1. The number of hydrogen-bond donors (Lipinski definition) is 1. The Morgan fingerprint density at radius 1 is 1.38 bits per heavy atom. The van der Waals surface area contributed by atoms with Gasteiger partial charge in [0.15, 0.2) is 0 Å². The van der Waals surface area contributed by atoms with E-state index in [0.29, 0.717) is 12.8 Å². The Morgan fingerprint density at radius 2 is 2.05 bits per heavy atom. The normalized spacial score (nSPS) is 19.9. The third-order valence-corrected chi connectivity index (χ3v) is 5.13. The molecule has 1 aromatic rings. The van der Waals surface area contributed by atoms with Crippen LogP contribution in [0.25, 0.3) is 0 Å². The number of carbonyl (C=O) groups is 1. The maximum absolute atomic E-state index is 12.5. The number of sulfonamides is 1. The van der Waals surface area contributed by atoms with Crippen LogP contribution in [0.2, 0.25) is 0 Å². The fourth-order valence-electron chi connectivity index (χ4n) is 2.30. The number of hydrogen-bond acceptors (Lipinski definition) is 4. The van der Waals surface area contributed by atoms with E-state index in [0.717, 1.165) is 16.4 Å². The minimum atomic E-state index is -4.13. The van der Waals surface area contributed by atoms with E-state index in [2.05, 4.69) is 4.74 Å². The second-order valence-corrected chi connectivity index (χ2v) is 6.36. The number of para-hydroxylation sites is 1. The zero-order chi connectivity index (χ0) is 15.6. The zero-order valence-electron chi connectivity index (χ0n) is 10.9. The molecule has 1 aliphatic heterocycles. The smallest absolute Gasteiger partial charge is 0.387 e. The van der Waals surface area contributed by atoms with E-state index in [1.165, 1.54) is 12.1 Å². The predicted molar refractivity (Wildman–Crippen MR) is 69.2 cm³/mol. The molecule has 9 heteroatoms. The molecule has 1 atom stereocenters. The van der Waals surface area contributed by atoms with Gasteiger partial charge in [0.1, 0.15) is 16.7 Å². The van der Waals surface area contributed by atoms with Gasteiger partial charge in [0.05, 0.1) is 0 Å². The second kappa shape index (κ2) is 5.94. The molecule has 2 rings (SSSR count). The molecular weight excluding hydrogens is 306 g/mol. The van der Waals surface area contributed by atoms with Crippen molar-refractivity contribution in [2.45, 2.75) is 30.4 Å². The Labute approximate surface area is 120 Å². The minimum Gasteiger partial charge on any atom is -0.433 e. The van der Waals surface area contributed by atoms with Crippen molar-refractivity contribution in [2.75, 3.05) is 6.54 Å². The second-order valence-electron chi connectivity index (χ2n) is 4.50. The molecule has 116 valence electrons. The van der Waals surface area contributed by atoms with Gasteiger partial charge in [-0.25, -0.2) is 8.42 Å². The SMILES string of the molecule is NC(=O)[C@@H]1CCCN1S(=O)(=O)c1ccccc1OC(F)F. The van der Waals surface area contributed by atoms with E-state index >= 15 is 0 Å². The molecule has 6 nitrogen and oxygen atoms in total. The van der Waals surface area contributed by atoms with Crippen LogP contribution in [-0.4, -0.2) is 37.8 Å². The van der Waals surface area contributed by atoms with Crippen LogP contribution < -0.4 is 10.5 Å². The molecule has 2 N–H and O–H groups in total. The number of carbonyl (C=O) groups excluding carboxylic acids is 1. The highest BCUT2D eigenvalue weighted by Crippen LogP contribution is 2.32. The molecular formula is C12H14F2N2O4S. The third-order valence-electron chi connectivity index (χ3n) is 3.18. The summed E-state index contributed by atoms with van der Waals surface area (Å²) in [6, 6.07) is 4.10. The first-order valence-corrected chi connectivity index (χ1v) is 7.63. The first-order chi connectivity index (χ1) is 9.84. The van der Waals surface area contributed by atoms with Gasteiger partial charge >= 0.3 is 6.61 Å². The summed E-state index contributed by atoms with van der Waals surface area (Å²) < 4.78 is 55.0. The van der Waals surface area contributed by atoms with Crippen molar-refractivity contribution in [3.8, 4) is 5.75 Å². The fourth-order valence-corrected chi connectivity index (χ4v) is 4.08. The number of ether oxygens (including phenoxy) is 1. The first kappa shape index (κ1) is 15.6. The molecule has 0 saturated carbocycles. The number of amides is 1. The van der Waals surface area contributed by atoms with Gasteiger partial charge in [-0.1, -0.05) is 12.1 Å². The summed E-state index contributed by atoms with van der Waals surface area (Å²) in [6.45, 7) is -3.04. The van der Waals surface area contributed by atoms with Gasteiger partial charge in [-0.05, 0) is 25.0 Å². The zero-order valence-corrected chi connectivity index (χ0v) is 11.7. The Morgan fingerprint density at radius 3 is 2.67 bits per heavy atom. The van der Waals surface area contributed by atoms with Gasteiger partial charge in [-0.15, -0.1) is 0 Å². The first-order valence-electron chi connectivity index (χ1n) is 6.19. The number of primary amides is 1. The summed E-state index contributed by atoms with van der Waals surface area (Å²) in [7, 11) is -4.13. The van der Waals surface area contributed by atoms with E-state index in [4.69, 9.17) is 5.73 Å². The van der Waals surface area contributed by atoms with E-state index in [9.17, 15) is 22.0 Å². The standard InChI is InChI=1S/C12H14F2N2O4S/c13-12(14)20-9-5-1-2-6-10(9)21(18,19)16-7-3-4-8(16)11(15)17/h1-2,5-6,8,12H,3-4,7H2,(H2,15,17)/t8-/m0/s1. The highest BCUT2D eigenvalue weighted by Gasteiger charge is 2.39. The lowest BCUT2D eigenvalue weighted by molar-refractivity contribution is -0.121. The van der Waals surface area contributed by atoms with Crippen LogP contribution in [0.15, 0.2) is 29.2 Å². The minimum absolute atomic E-state index is 0.110. The molecule has 1 aliphatic rings. The van der Waals surface area contributed by atoms with Crippen LogP contribution in [0.4, 0.5) is 8.78 Å². The van der Waals surface area contributed by atoms with E-state index < -0.39 is 39.2 Å². The fraction of sp³-hybridized carbons (Fsp3) is 0.417. The van der Waals surface area contributed by atoms with Crippen molar-refractivity contribution in [3.05, 3.63) is 24.3 Å². The van der Waals surface area contributed by atoms with Crippen molar-refractivity contribution in [1.29, 1.82) is 0 Å². The maximum atomic E-state index is 12.5. The summed E-state index contributed by atoms with van der Waals surface area (Å²) in [5.41, 5.74) is 5.19. The monoisotopic (exact) mass is 320 g/mol. The van der Waals surface area contributed by atoms with E-state index in [1.807, 2.05) is 0 Å². The molecule has 0 spiro atoms. The molecule has 0 unspecified atom stereocenters. The average molecular weight is 320 g/mol. The van der Waals surface area contributed by atoms with E-state index in [-0.39, 0.29) is 6.54 Å². The van der Waals surface area contributed by atoms with Crippen molar-refractivity contribution >= 4 is 15.9 Å². The molecule has 1 aromatic carbocycles. The van der Waals surface area contributed by atoms with Gasteiger partial charge in [-0.2, -0.15) is 13.1 Å². The summed E-state index contributed by atoms with van der Waals surface area (Å²) in [5.74, 6) is -1.22. The van der Waals surface area contributed by atoms with Gasteiger partial charge in [-0.3, -0.25) is 4.79 Å². The van der Waals surface area contributed by atoms with Crippen molar-refractivity contribution in [1.82, 2.24) is 4.31 Å². The highest BCUT2D eigenvalue weighted by molar-refractivity contribution is 7.89. The van der Waals surface area contributed by atoms with Crippen LogP contribution in [-0.2, 0) is 14.8 Å². The summed E-state index contributed by atoms with van der Waals surface area (Å²) >= 11 is 0. The van der Waals surface area contributed by atoms with Crippen molar-refractivity contribution in [2.24, 2.45) is 5.73 Å². The quantitative estimate of drug-likeness (QED) is 0.874. The van der Waals surface area contributed by atoms with Crippen LogP contribution >= 0.6 is 0 Å². The molecule has 0 aromatic heterocycles. The average Bonchev–Trinajstić information content (AvgIpc) is 2.88. The van der Waals surface area contributed by atoms with E-state index in [1.54, 1.807) is 0 Å². The summed E-state index contributed by atoms with van der Waals surface area (Å²) in [6.07, 6.45) is 0.789. The third kappa shape index (κ3) is 3.13. The lowest BCUT2D eigenvalue weighted by Crippen LogP contribution is -2.43. The molecule has 0 bridgehead atoms. The highest BCUT2D eigenvalue weighted by atomic mass is 32.2. The number of nitrogens with zero attached hydrogens (tertiary/aromatic N) is 1. The Kier molecular flexibility index (Phi) is 4.43. The summed E-state index contributed by atoms with van der Waals surface area (Å²) in [4.78, 5) is 10.9. The van der Waals surface area contributed by atoms with Crippen LogP contribution in [0.1, 0.15) is 12.8 Å². The van der Waals surface area contributed by atoms with Gasteiger partial charge < -0.3 is 10.5 Å². The molecule has 1 fully saturated rings. The maximum Gasteiger partial charge on any atom is 0.387 e. The van der Waals surface area contributed by atoms with Crippen LogP contribution in [0, 0.1) is 0 Å². The lowest BCUT2D eigenvalue weighted by atomic mass is 10.2. The Bertz CT molecular complexity index is 636. The molecule has 21 heavy (non-hydrogen) atoms.